The fourth-order valence-corrected chi connectivity index (χ4v) is 2.63. The van der Waals surface area contributed by atoms with Gasteiger partial charge in [-0.25, -0.2) is 13.8 Å². The predicted molar refractivity (Wildman–Crippen MR) is 90.1 cm³/mol. The number of ketones is 1. The molecule has 0 spiro atoms. The van der Waals surface area contributed by atoms with Gasteiger partial charge in [-0.1, -0.05) is 0 Å². The summed E-state index contributed by atoms with van der Waals surface area (Å²) in [6, 6.07) is 3.19. The number of carbonyl (C=O) groups is 2. The molecule has 0 bridgehead atoms. The first-order chi connectivity index (χ1) is 11.4. The van der Waals surface area contributed by atoms with Crippen LogP contribution in [0.4, 0.5) is 14.5 Å². The van der Waals surface area contributed by atoms with Gasteiger partial charge < -0.3 is 5.73 Å². The van der Waals surface area contributed by atoms with E-state index >= 15 is 0 Å². The molecule has 24 heavy (non-hydrogen) atoms. The molecule has 1 aromatic carbocycles. The quantitative estimate of drug-likeness (QED) is 0.347. The Labute approximate surface area is 145 Å². The number of benzene rings is 1. The first-order valence-electron chi connectivity index (χ1n) is 6.90. The predicted octanol–water partition coefficient (Wildman–Crippen LogP) is 2.77. The largest absolute Gasteiger partial charge is 0.402 e. The molecule has 8 heteroatoms. The Morgan fingerprint density at radius 2 is 2.17 bits per heavy atom. The summed E-state index contributed by atoms with van der Waals surface area (Å²) in [6.45, 7) is 2.51. The lowest BCUT2D eigenvalue weighted by atomic mass is 10.0. The molecule has 2 N–H and O–H groups in total. The lowest BCUT2D eigenvalue weighted by Gasteiger charge is -2.12. The van der Waals surface area contributed by atoms with Crippen LogP contribution in [0.15, 0.2) is 45.4 Å². The van der Waals surface area contributed by atoms with Gasteiger partial charge in [0.2, 0.25) is 5.78 Å². The van der Waals surface area contributed by atoms with Crippen LogP contribution in [-0.2, 0) is 4.79 Å². The van der Waals surface area contributed by atoms with Crippen molar-refractivity contribution in [2.45, 2.75) is 6.92 Å². The highest BCUT2D eigenvalue weighted by molar-refractivity contribution is 9.11. The van der Waals surface area contributed by atoms with Crippen LogP contribution < -0.4 is 5.73 Å². The van der Waals surface area contributed by atoms with E-state index in [1.54, 1.807) is 4.58 Å². The molecule has 1 heterocycles. The topological polar surface area (TPSA) is 75.5 Å². The molecule has 0 unspecified atom stereocenters. The fraction of sp³-hybridized carbons (Fsp3) is 0.125. The number of rotatable bonds is 6. The standard InChI is InChI=1S/C16H12BrF2N3O2/c1-2-22-7-11(16(22)17)15(24)14(12(19)6-20)21-13-4-3-10(18)5-9(13)8-23/h3-8H,2H2,1H3,(H-,20,21,23)/p+1. The minimum absolute atomic E-state index is 0.0323. The minimum Gasteiger partial charge on any atom is -0.402 e. The second kappa shape index (κ2) is 7.39. The highest BCUT2D eigenvalue weighted by Gasteiger charge is 2.35. The molecule has 0 saturated carbocycles. The van der Waals surface area contributed by atoms with Crippen molar-refractivity contribution in [3.63, 3.8) is 0 Å². The average molecular weight is 397 g/mol. The van der Waals surface area contributed by atoms with Crippen LogP contribution in [0.1, 0.15) is 17.3 Å². The molecule has 0 fully saturated rings. The molecule has 5 nitrogen and oxygen atoms in total. The first-order valence-corrected chi connectivity index (χ1v) is 7.69. The van der Waals surface area contributed by atoms with Crippen LogP contribution in [-0.4, -0.2) is 35.1 Å². The number of carbonyl (C=O) groups excluding carboxylic acids is 2. The molecule has 0 radical (unpaired) electrons. The third kappa shape index (κ3) is 3.38. The maximum Gasteiger partial charge on any atom is 0.265 e. The van der Waals surface area contributed by atoms with Crippen molar-refractivity contribution < 1.29 is 22.9 Å². The Balaban J connectivity index is 2.50. The van der Waals surface area contributed by atoms with Crippen LogP contribution >= 0.6 is 15.9 Å². The van der Waals surface area contributed by atoms with Crippen LogP contribution in [0.3, 0.4) is 0 Å². The summed E-state index contributed by atoms with van der Waals surface area (Å²) in [5.74, 6) is -2.39. The van der Waals surface area contributed by atoms with Crippen molar-refractivity contribution in [1.29, 1.82) is 0 Å². The van der Waals surface area contributed by atoms with E-state index in [4.69, 9.17) is 5.73 Å². The lowest BCUT2D eigenvalue weighted by Crippen LogP contribution is -2.30. The van der Waals surface area contributed by atoms with Crippen molar-refractivity contribution in [1.82, 2.24) is 0 Å². The highest BCUT2D eigenvalue weighted by atomic mass is 79.9. The van der Waals surface area contributed by atoms with E-state index in [0.717, 1.165) is 12.1 Å². The van der Waals surface area contributed by atoms with Crippen molar-refractivity contribution in [3.05, 3.63) is 51.8 Å². The Hall–Kier alpha value is -2.48. The zero-order valence-electron chi connectivity index (χ0n) is 12.6. The monoisotopic (exact) mass is 396 g/mol. The Kier molecular flexibility index (Phi) is 5.50. The maximum absolute atomic E-state index is 14.0. The maximum atomic E-state index is 14.0. The number of nitrogens with two attached hydrogens (primary N) is 1. The van der Waals surface area contributed by atoms with Crippen LogP contribution in [0, 0.1) is 5.82 Å². The zero-order valence-corrected chi connectivity index (χ0v) is 14.2. The Bertz CT molecular complexity index is 842. The van der Waals surface area contributed by atoms with Gasteiger partial charge in [0.1, 0.15) is 18.1 Å². The van der Waals surface area contributed by atoms with Crippen molar-refractivity contribution in [2.24, 2.45) is 10.7 Å². The van der Waals surface area contributed by atoms with Gasteiger partial charge in [0.25, 0.3) is 4.61 Å². The summed E-state index contributed by atoms with van der Waals surface area (Å²) < 4.78 is 29.4. The van der Waals surface area contributed by atoms with Gasteiger partial charge in [-0.2, -0.15) is 4.58 Å². The minimum atomic E-state index is -1.04. The van der Waals surface area contributed by atoms with E-state index in [1.807, 2.05) is 6.92 Å². The molecule has 0 atom stereocenters. The highest BCUT2D eigenvalue weighted by Crippen LogP contribution is 2.25. The van der Waals surface area contributed by atoms with E-state index in [1.165, 1.54) is 12.3 Å². The third-order valence-electron chi connectivity index (χ3n) is 3.28. The summed E-state index contributed by atoms with van der Waals surface area (Å²) >= 11 is 3.24. The Morgan fingerprint density at radius 3 is 2.71 bits per heavy atom. The number of Topliss-reactive ketones (excluding diaryl/α,β-unsaturated/α-hetero) is 1. The molecule has 0 saturated heterocycles. The van der Waals surface area contributed by atoms with Gasteiger partial charge >= 0.3 is 0 Å². The normalized spacial score (nSPS) is 15.1. The molecule has 2 rings (SSSR count). The summed E-state index contributed by atoms with van der Waals surface area (Å²) in [5.41, 5.74) is 4.68. The van der Waals surface area contributed by atoms with Crippen LogP contribution in [0.25, 0.3) is 0 Å². The number of halogens is 3. The summed E-state index contributed by atoms with van der Waals surface area (Å²) in [4.78, 5) is 27.4. The van der Waals surface area contributed by atoms with E-state index in [0.29, 0.717) is 23.6 Å². The van der Waals surface area contributed by atoms with Gasteiger partial charge in [0.15, 0.2) is 23.9 Å². The summed E-state index contributed by atoms with van der Waals surface area (Å²) in [5, 5.41) is 0. The molecule has 1 aliphatic heterocycles. The first kappa shape index (κ1) is 17.9. The number of aldehydes is 1. The van der Waals surface area contributed by atoms with E-state index in [9.17, 15) is 18.4 Å². The molecule has 124 valence electrons. The smallest absolute Gasteiger partial charge is 0.265 e. The molecule has 0 aromatic heterocycles. The van der Waals surface area contributed by atoms with Gasteiger partial charge in [-0.3, -0.25) is 9.59 Å². The molecule has 1 aromatic rings. The number of aliphatic imine (C=N–C) groups is 1. The van der Waals surface area contributed by atoms with Crippen molar-refractivity contribution in [2.75, 3.05) is 6.54 Å². The van der Waals surface area contributed by atoms with Gasteiger partial charge in [-0.15, -0.1) is 0 Å². The van der Waals surface area contributed by atoms with Gasteiger partial charge in [0, 0.05) is 27.7 Å². The molecular formula is C16H13BrF2N3O2+. The van der Waals surface area contributed by atoms with Gasteiger partial charge in [0.05, 0.1) is 5.69 Å². The number of hydrogen-bond acceptors (Lipinski definition) is 4. The molecule has 1 aliphatic rings. The lowest BCUT2D eigenvalue weighted by molar-refractivity contribution is -0.464. The Morgan fingerprint density at radius 1 is 1.46 bits per heavy atom. The van der Waals surface area contributed by atoms with E-state index in [-0.39, 0.29) is 16.8 Å². The fourth-order valence-electron chi connectivity index (χ4n) is 2.00. The number of hydrogen-bond donors (Lipinski definition) is 1. The van der Waals surface area contributed by atoms with E-state index < -0.39 is 23.1 Å². The number of nitrogens with zero attached hydrogens (tertiary/aromatic N) is 2. The van der Waals surface area contributed by atoms with Gasteiger partial charge in [-0.05, 0) is 25.1 Å². The van der Waals surface area contributed by atoms with Crippen LogP contribution in [0.5, 0.6) is 0 Å². The second-order valence-corrected chi connectivity index (χ2v) is 5.50. The number of allylic oxidation sites excluding steroid dienone is 2. The summed E-state index contributed by atoms with van der Waals surface area (Å²) in [6.07, 6.45) is 2.51. The molecule has 0 amide bonds. The zero-order chi connectivity index (χ0) is 17.9. The molecular weight excluding hydrogens is 384 g/mol. The molecule has 0 aliphatic carbocycles. The SMILES string of the molecule is CC[N+]1=CC(C(=O)C(=Nc2ccc(F)cc2C=O)C(F)=CN)=C1Br. The summed E-state index contributed by atoms with van der Waals surface area (Å²) in [7, 11) is 0. The second-order valence-electron chi connectivity index (χ2n) is 4.74. The van der Waals surface area contributed by atoms with Crippen LogP contribution in [0.2, 0.25) is 0 Å². The van der Waals surface area contributed by atoms with E-state index in [2.05, 4.69) is 20.9 Å². The third-order valence-corrected chi connectivity index (χ3v) is 4.16. The van der Waals surface area contributed by atoms with Crippen molar-refractivity contribution in [3.8, 4) is 0 Å². The average Bonchev–Trinajstić information content (AvgIpc) is 2.58. The van der Waals surface area contributed by atoms with Crippen molar-refractivity contribution >= 4 is 45.6 Å².